The second kappa shape index (κ2) is 12.4. The van der Waals surface area contributed by atoms with Gasteiger partial charge in [-0.3, -0.25) is 4.67 Å². The third-order valence-corrected chi connectivity index (χ3v) is 4.94. The number of nitrogens with zero attached hydrogens (tertiary/aromatic N) is 2. The lowest BCUT2D eigenvalue weighted by molar-refractivity contribution is 0.283. The van der Waals surface area contributed by atoms with Gasteiger partial charge in [0.15, 0.2) is 0 Å². The van der Waals surface area contributed by atoms with Crippen LogP contribution >= 0.6 is 49.0 Å². The SMILES string of the molecule is CCN(CCSP)CCN(P)CCSP. The Morgan fingerprint density at radius 1 is 0.933 bits per heavy atom. The van der Waals surface area contributed by atoms with Gasteiger partial charge in [-0.2, -0.15) is 0 Å². The van der Waals surface area contributed by atoms with Crippen LogP contribution in [0.2, 0.25) is 0 Å². The fourth-order valence-corrected chi connectivity index (χ4v) is 2.93. The van der Waals surface area contributed by atoms with E-state index in [0.29, 0.717) is 0 Å². The zero-order chi connectivity index (χ0) is 11.5. The highest BCUT2D eigenvalue weighted by atomic mass is 32.7. The van der Waals surface area contributed by atoms with Crippen molar-refractivity contribution in [1.29, 1.82) is 0 Å². The summed E-state index contributed by atoms with van der Waals surface area (Å²) >= 11 is 3.67. The molecule has 92 valence electrons. The number of likely N-dealkylation sites (N-methyl/N-ethyl adjacent to an activating group) is 1. The maximum atomic E-state index is 2.82. The predicted octanol–water partition coefficient (Wildman–Crippen LogP) is 2.45. The molecular formula is C8H23N2P3S2. The van der Waals surface area contributed by atoms with Crippen LogP contribution in [0, 0.1) is 0 Å². The Morgan fingerprint density at radius 2 is 1.53 bits per heavy atom. The van der Waals surface area contributed by atoms with Gasteiger partial charge in [-0.25, -0.2) is 0 Å². The van der Waals surface area contributed by atoms with Crippen LogP contribution in [0.4, 0.5) is 0 Å². The van der Waals surface area contributed by atoms with Gasteiger partial charge >= 0.3 is 0 Å². The highest BCUT2D eigenvalue weighted by Crippen LogP contribution is 2.12. The lowest BCUT2D eigenvalue weighted by atomic mass is 10.4. The van der Waals surface area contributed by atoms with E-state index in [4.69, 9.17) is 0 Å². The number of rotatable bonds is 10. The first-order valence-corrected chi connectivity index (χ1v) is 10.5. The molecule has 0 amide bonds. The normalized spacial score (nSPS) is 11.6. The fourth-order valence-electron chi connectivity index (χ4n) is 1.16. The molecular weight excluding hydrogens is 281 g/mol. The lowest BCUT2D eigenvalue weighted by Crippen LogP contribution is -2.33. The van der Waals surface area contributed by atoms with Crippen molar-refractivity contribution < 1.29 is 0 Å². The van der Waals surface area contributed by atoms with E-state index in [0.717, 1.165) is 19.6 Å². The van der Waals surface area contributed by atoms with Crippen molar-refractivity contribution >= 4 is 49.0 Å². The van der Waals surface area contributed by atoms with Gasteiger partial charge < -0.3 is 4.90 Å². The third kappa shape index (κ3) is 10.8. The van der Waals surface area contributed by atoms with E-state index < -0.39 is 0 Å². The Bertz CT molecular complexity index is 143. The molecule has 3 atom stereocenters. The highest BCUT2D eigenvalue weighted by Gasteiger charge is 2.03. The van der Waals surface area contributed by atoms with Crippen LogP contribution in [0.1, 0.15) is 6.92 Å². The molecule has 0 rings (SSSR count). The topological polar surface area (TPSA) is 6.48 Å². The van der Waals surface area contributed by atoms with Crippen molar-refractivity contribution in [2.24, 2.45) is 0 Å². The van der Waals surface area contributed by atoms with Crippen LogP contribution in [-0.4, -0.2) is 53.8 Å². The third-order valence-electron chi connectivity index (χ3n) is 2.17. The molecule has 3 unspecified atom stereocenters. The van der Waals surface area contributed by atoms with Gasteiger partial charge in [0.25, 0.3) is 0 Å². The van der Waals surface area contributed by atoms with E-state index in [2.05, 4.69) is 42.8 Å². The Morgan fingerprint density at radius 3 is 2.07 bits per heavy atom. The second-order valence-electron chi connectivity index (χ2n) is 3.21. The van der Waals surface area contributed by atoms with Crippen molar-refractivity contribution in [2.45, 2.75) is 6.92 Å². The number of hydrogen-bond donors (Lipinski definition) is 0. The molecule has 0 radical (unpaired) electrons. The molecule has 0 aromatic rings. The van der Waals surface area contributed by atoms with Gasteiger partial charge in [0, 0.05) is 37.7 Å². The van der Waals surface area contributed by atoms with Crippen LogP contribution in [0.5, 0.6) is 0 Å². The van der Waals surface area contributed by atoms with Crippen molar-refractivity contribution in [3.63, 3.8) is 0 Å². The van der Waals surface area contributed by atoms with E-state index in [1.165, 1.54) is 24.6 Å². The van der Waals surface area contributed by atoms with Crippen molar-refractivity contribution in [3.05, 3.63) is 0 Å². The molecule has 15 heavy (non-hydrogen) atoms. The van der Waals surface area contributed by atoms with Gasteiger partial charge in [-0.05, 0) is 6.54 Å². The summed E-state index contributed by atoms with van der Waals surface area (Å²) in [6.07, 6.45) is 0. The van der Waals surface area contributed by atoms with Crippen LogP contribution < -0.4 is 0 Å². The quantitative estimate of drug-likeness (QED) is 0.572. The first kappa shape index (κ1) is 16.9. The van der Waals surface area contributed by atoms with Gasteiger partial charge in [-0.1, -0.05) is 33.2 Å². The molecule has 0 aromatic carbocycles. The maximum Gasteiger partial charge on any atom is 0.0145 e. The van der Waals surface area contributed by atoms with Crippen LogP contribution in [0.3, 0.4) is 0 Å². The fraction of sp³-hybridized carbons (Fsp3) is 1.00. The number of hydrogen-bond acceptors (Lipinski definition) is 4. The monoisotopic (exact) mass is 304 g/mol. The molecule has 0 aliphatic heterocycles. The zero-order valence-electron chi connectivity index (χ0n) is 9.39. The maximum absolute atomic E-state index is 2.82. The van der Waals surface area contributed by atoms with E-state index in [-0.39, 0.29) is 0 Å². The summed E-state index contributed by atoms with van der Waals surface area (Å²) in [4.78, 5) is 2.50. The smallest absolute Gasteiger partial charge is 0.0145 e. The molecule has 0 bridgehead atoms. The average Bonchev–Trinajstić information content (AvgIpc) is 2.26. The molecule has 7 heteroatoms. The molecule has 0 aliphatic carbocycles. The predicted molar refractivity (Wildman–Crippen MR) is 87.7 cm³/mol. The summed E-state index contributed by atoms with van der Waals surface area (Å²) in [5, 5.41) is 0. The molecule has 0 aliphatic rings. The minimum atomic E-state index is 1.14. The summed E-state index contributed by atoms with van der Waals surface area (Å²) in [6.45, 7) is 8.05. The standard InChI is InChI=1S/C8H23N2P3S2/c1-2-9(5-7-14-12)3-4-10(11)6-8-15-13/h2-8,11-13H2,1H3. The van der Waals surface area contributed by atoms with Crippen LogP contribution in [0.25, 0.3) is 0 Å². The summed E-state index contributed by atoms with van der Waals surface area (Å²) in [5.41, 5.74) is 0. The molecule has 0 N–H and O–H groups in total. The molecule has 0 saturated carbocycles. The first-order valence-electron chi connectivity index (χ1n) is 5.10. The average molecular weight is 304 g/mol. The largest absolute Gasteiger partial charge is 0.301 e. The van der Waals surface area contributed by atoms with Crippen LogP contribution in [-0.2, 0) is 0 Å². The van der Waals surface area contributed by atoms with E-state index in [1.54, 1.807) is 0 Å². The Hall–Kier alpha value is 1.91. The van der Waals surface area contributed by atoms with Crippen LogP contribution in [0.15, 0.2) is 0 Å². The van der Waals surface area contributed by atoms with E-state index in [9.17, 15) is 0 Å². The van der Waals surface area contributed by atoms with E-state index >= 15 is 0 Å². The lowest BCUT2D eigenvalue weighted by Gasteiger charge is -2.23. The van der Waals surface area contributed by atoms with Gasteiger partial charge in [0.2, 0.25) is 0 Å². The van der Waals surface area contributed by atoms with Gasteiger partial charge in [0.1, 0.15) is 0 Å². The highest BCUT2D eigenvalue weighted by molar-refractivity contribution is 8.44. The zero-order valence-corrected chi connectivity index (χ0v) is 14.5. The summed E-state index contributed by atoms with van der Waals surface area (Å²) < 4.78 is 2.33. The Balaban J connectivity index is 3.50. The minimum absolute atomic E-state index is 1.14. The van der Waals surface area contributed by atoms with Crippen molar-refractivity contribution in [3.8, 4) is 0 Å². The Kier molecular flexibility index (Phi) is 13.9. The second-order valence-corrected chi connectivity index (χ2v) is 7.43. The summed E-state index contributed by atoms with van der Waals surface area (Å²) in [5.74, 6) is 2.39. The molecule has 0 fully saturated rings. The molecule has 0 heterocycles. The minimum Gasteiger partial charge on any atom is -0.301 e. The first-order chi connectivity index (χ1) is 7.24. The van der Waals surface area contributed by atoms with Gasteiger partial charge in [-0.15, -0.1) is 22.8 Å². The molecule has 0 spiro atoms. The molecule has 2 nitrogen and oxygen atoms in total. The summed E-state index contributed by atoms with van der Waals surface area (Å²) in [7, 11) is 8.23. The molecule has 0 saturated heterocycles. The van der Waals surface area contributed by atoms with Crippen molar-refractivity contribution in [2.75, 3.05) is 44.2 Å². The Labute approximate surface area is 110 Å². The molecule has 0 aromatic heterocycles. The van der Waals surface area contributed by atoms with Gasteiger partial charge in [0.05, 0.1) is 0 Å². The summed E-state index contributed by atoms with van der Waals surface area (Å²) in [6, 6.07) is 0. The van der Waals surface area contributed by atoms with Crippen molar-refractivity contribution in [1.82, 2.24) is 9.57 Å². The van der Waals surface area contributed by atoms with E-state index in [1.807, 2.05) is 22.8 Å².